The second-order valence-electron chi connectivity index (χ2n) is 5.92. The van der Waals surface area contributed by atoms with Gasteiger partial charge >= 0.3 is 0 Å². The Morgan fingerprint density at radius 3 is 2.20 bits per heavy atom. The Bertz CT molecular complexity index is 821. The van der Waals surface area contributed by atoms with E-state index in [1.165, 1.54) is 13.8 Å². The third kappa shape index (κ3) is 4.15. The number of anilines is 2. The lowest BCUT2D eigenvalue weighted by atomic mass is 9.90. The predicted molar refractivity (Wildman–Crippen MR) is 95.2 cm³/mol. The maximum absolute atomic E-state index is 12.5. The minimum Gasteiger partial charge on any atom is -0.497 e. The van der Waals surface area contributed by atoms with Crippen LogP contribution in [0.4, 0.5) is 11.4 Å². The molecule has 2 aromatic rings. The molecule has 6 nitrogen and oxygen atoms in total. The number of benzene rings is 2. The van der Waals surface area contributed by atoms with Crippen molar-refractivity contribution in [3.05, 3.63) is 54.1 Å². The van der Waals surface area contributed by atoms with Crippen LogP contribution in [0.15, 0.2) is 48.5 Å². The average molecular weight is 337 g/mol. The summed E-state index contributed by atoms with van der Waals surface area (Å²) in [6, 6.07) is 15.4. The van der Waals surface area contributed by atoms with Crippen molar-refractivity contribution in [2.24, 2.45) is 5.41 Å². The molecular formula is C19H19N3O3. The molecule has 0 aliphatic rings. The molecular weight excluding hydrogens is 318 g/mol. The Morgan fingerprint density at radius 1 is 1.00 bits per heavy atom. The monoisotopic (exact) mass is 337 g/mol. The number of carbonyl (C=O) groups excluding carboxylic acids is 2. The number of rotatable bonds is 5. The Labute approximate surface area is 146 Å². The summed E-state index contributed by atoms with van der Waals surface area (Å²) in [5, 5.41) is 14.4. The molecule has 6 heteroatoms. The normalized spacial score (nSPS) is 10.5. The minimum atomic E-state index is -1.33. The quantitative estimate of drug-likeness (QED) is 0.820. The largest absolute Gasteiger partial charge is 0.497 e. The van der Waals surface area contributed by atoms with E-state index in [4.69, 9.17) is 10.00 Å². The van der Waals surface area contributed by atoms with E-state index in [0.29, 0.717) is 22.7 Å². The second-order valence-corrected chi connectivity index (χ2v) is 5.92. The molecule has 0 fully saturated rings. The van der Waals surface area contributed by atoms with Gasteiger partial charge in [0, 0.05) is 5.69 Å². The molecule has 0 saturated carbocycles. The highest BCUT2D eigenvalue weighted by atomic mass is 16.5. The van der Waals surface area contributed by atoms with Gasteiger partial charge < -0.3 is 15.4 Å². The number of para-hydroxylation sites is 1. The lowest BCUT2D eigenvalue weighted by Gasteiger charge is -2.23. The van der Waals surface area contributed by atoms with Crippen molar-refractivity contribution in [3.8, 4) is 11.8 Å². The SMILES string of the molecule is COc1ccc(NC(=O)C(C)(C)C(=O)Nc2ccccc2C#N)cc1. The standard InChI is InChI=1S/C19H19N3O3/c1-19(2,17(23)21-14-8-10-15(25-3)11-9-14)18(24)22-16-7-5-4-6-13(16)12-20/h4-11H,1-3H3,(H,21,23)(H,22,24). The van der Waals surface area contributed by atoms with E-state index in [2.05, 4.69) is 10.6 Å². The van der Waals surface area contributed by atoms with Crippen LogP contribution in [0, 0.1) is 16.7 Å². The summed E-state index contributed by atoms with van der Waals surface area (Å²) in [5.41, 5.74) is -0.0608. The number of hydrogen-bond acceptors (Lipinski definition) is 4. The number of nitrogens with zero attached hydrogens (tertiary/aromatic N) is 1. The number of ether oxygens (including phenoxy) is 1. The van der Waals surface area contributed by atoms with Gasteiger partial charge in [0.1, 0.15) is 17.2 Å². The molecule has 2 rings (SSSR count). The van der Waals surface area contributed by atoms with Gasteiger partial charge in [-0.15, -0.1) is 0 Å². The number of nitrogens with one attached hydrogen (secondary N) is 2. The van der Waals surface area contributed by atoms with Crippen LogP contribution in [0.2, 0.25) is 0 Å². The maximum atomic E-state index is 12.5. The van der Waals surface area contributed by atoms with Crippen LogP contribution in [0.3, 0.4) is 0 Å². The summed E-state index contributed by atoms with van der Waals surface area (Å²) in [6.07, 6.45) is 0. The number of methoxy groups -OCH3 is 1. The Hall–Kier alpha value is -3.33. The number of carbonyl (C=O) groups is 2. The third-order valence-corrected chi connectivity index (χ3v) is 3.78. The van der Waals surface area contributed by atoms with Gasteiger partial charge in [-0.25, -0.2) is 0 Å². The molecule has 25 heavy (non-hydrogen) atoms. The molecule has 128 valence electrons. The van der Waals surface area contributed by atoms with Gasteiger partial charge in [0.05, 0.1) is 18.4 Å². The van der Waals surface area contributed by atoms with Gasteiger partial charge in [-0.1, -0.05) is 12.1 Å². The van der Waals surface area contributed by atoms with Gasteiger partial charge in [0.15, 0.2) is 0 Å². The average Bonchev–Trinajstić information content (AvgIpc) is 2.62. The van der Waals surface area contributed by atoms with Gasteiger partial charge in [-0.2, -0.15) is 5.26 Å². The summed E-state index contributed by atoms with van der Waals surface area (Å²) in [6.45, 7) is 3.05. The van der Waals surface area contributed by atoms with Gasteiger partial charge in [0.2, 0.25) is 11.8 Å². The summed E-state index contributed by atoms with van der Waals surface area (Å²) < 4.78 is 5.06. The Kier molecular flexibility index (Phi) is 5.40. The fourth-order valence-corrected chi connectivity index (χ4v) is 2.03. The molecule has 0 atom stereocenters. The van der Waals surface area contributed by atoms with Crippen molar-refractivity contribution in [1.82, 2.24) is 0 Å². The van der Waals surface area contributed by atoms with Crippen molar-refractivity contribution in [3.63, 3.8) is 0 Å². The summed E-state index contributed by atoms with van der Waals surface area (Å²) in [5.74, 6) is -0.283. The first-order chi connectivity index (χ1) is 11.9. The van der Waals surface area contributed by atoms with Crippen LogP contribution >= 0.6 is 0 Å². The molecule has 2 aromatic carbocycles. The molecule has 0 bridgehead atoms. The van der Waals surface area contributed by atoms with Crippen molar-refractivity contribution in [2.45, 2.75) is 13.8 Å². The van der Waals surface area contributed by atoms with Crippen LogP contribution in [0.1, 0.15) is 19.4 Å². The topological polar surface area (TPSA) is 91.2 Å². The first-order valence-corrected chi connectivity index (χ1v) is 7.64. The number of amides is 2. The first-order valence-electron chi connectivity index (χ1n) is 7.64. The maximum Gasteiger partial charge on any atom is 0.239 e. The van der Waals surface area contributed by atoms with E-state index in [0.717, 1.165) is 0 Å². The van der Waals surface area contributed by atoms with Crippen LogP contribution in [-0.4, -0.2) is 18.9 Å². The van der Waals surface area contributed by atoms with Gasteiger partial charge in [-0.3, -0.25) is 9.59 Å². The zero-order valence-electron chi connectivity index (χ0n) is 14.3. The molecule has 2 N–H and O–H groups in total. The van der Waals surface area contributed by atoms with Crippen molar-refractivity contribution in [1.29, 1.82) is 5.26 Å². The van der Waals surface area contributed by atoms with Crippen LogP contribution in [0.5, 0.6) is 5.75 Å². The van der Waals surface area contributed by atoms with Crippen LogP contribution in [0.25, 0.3) is 0 Å². The van der Waals surface area contributed by atoms with E-state index in [9.17, 15) is 9.59 Å². The summed E-state index contributed by atoms with van der Waals surface area (Å²) in [7, 11) is 1.56. The predicted octanol–water partition coefficient (Wildman–Crippen LogP) is 3.17. The lowest BCUT2D eigenvalue weighted by Crippen LogP contribution is -2.41. The Balaban J connectivity index is 2.11. The summed E-state index contributed by atoms with van der Waals surface area (Å²) >= 11 is 0. The van der Waals surface area contributed by atoms with Crippen molar-refractivity contribution in [2.75, 3.05) is 17.7 Å². The van der Waals surface area contributed by atoms with Crippen LogP contribution in [-0.2, 0) is 9.59 Å². The van der Waals surface area contributed by atoms with E-state index in [1.54, 1.807) is 55.6 Å². The fraction of sp³-hybridized carbons (Fsp3) is 0.211. The highest BCUT2D eigenvalue weighted by molar-refractivity contribution is 6.14. The second kappa shape index (κ2) is 7.49. The molecule has 0 saturated heterocycles. The van der Waals surface area contributed by atoms with Crippen LogP contribution < -0.4 is 15.4 Å². The first kappa shape index (κ1) is 18.0. The molecule has 0 unspecified atom stereocenters. The van der Waals surface area contributed by atoms with E-state index < -0.39 is 17.2 Å². The zero-order chi connectivity index (χ0) is 18.4. The van der Waals surface area contributed by atoms with Gasteiger partial charge in [0.25, 0.3) is 0 Å². The number of hydrogen-bond donors (Lipinski definition) is 2. The molecule has 0 aromatic heterocycles. The molecule has 2 amide bonds. The fourth-order valence-electron chi connectivity index (χ4n) is 2.03. The molecule has 0 heterocycles. The molecule has 0 radical (unpaired) electrons. The summed E-state index contributed by atoms with van der Waals surface area (Å²) in [4.78, 5) is 25.0. The van der Waals surface area contributed by atoms with E-state index in [1.807, 2.05) is 6.07 Å². The Morgan fingerprint density at radius 2 is 1.60 bits per heavy atom. The van der Waals surface area contributed by atoms with Crippen molar-refractivity contribution >= 4 is 23.2 Å². The number of nitriles is 1. The highest BCUT2D eigenvalue weighted by Crippen LogP contribution is 2.24. The molecule has 0 spiro atoms. The van der Waals surface area contributed by atoms with E-state index >= 15 is 0 Å². The minimum absolute atomic E-state index is 0.335. The highest BCUT2D eigenvalue weighted by Gasteiger charge is 2.36. The van der Waals surface area contributed by atoms with Gasteiger partial charge in [-0.05, 0) is 50.2 Å². The van der Waals surface area contributed by atoms with E-state index in [-0.39, 0.29) is 0 Å². The molecule has 0 aliphatic heterocycles. The smallest absolute Gasteiger partial charge is 0.239 e. The molecule has 0 aliphatic carbocycles. The lowest BCUT2D eigenvalue weighted by molar-refractivity contribution is -0.135. The third-order valence-electron chi connectivity index (χ3n) is 3.78. The van der Waals surface area contributed by atoms with Crippen molar-refractivity contribution < 1.29 is 14.3 Å². The zero-order valence-corrected chi connectivity index (χ0v) is 14.3.